The third-order valence-corrected chi connectivity index (χ3v) is 5.94. The highest BCUT2D eigenvalue weighted by Gasteiger charge is 2.49. The summed E-state index contributed by atoms with van der Waals surface area (Å²) >= 11 is 0. The molecular formula is C26H28NO. The Kier molecular flexibility index (Phi) is 5.07. The van der Waals surface area contributed by atoms with Gasteiger partial charge in [0.2, 0.25) is 0 Å². The van der Waals surface area contributed by atoms with Crippen LogP contribution in [0.15, 0.2) is 65.7 Å². The van der Waals surface area contributed by atoms with E-state index in [0.717, 1.165) is 11.8 Å². The monoisotopic (exact) mass is 370 g/mol. The van der Waals surface area contributed by atoms with Gasteiger partial charge in [-0.2, -0.15) is 0 Å². The predicted octanol–water partition coefficient (Wildman–Crippen LogP) is 5.61. The summed E-state index contributed by atoms with van der Waals surface area (Å²) in [7, 11) is 0. The molecule has 28 heavy (non-hydrogen) atoms. The van der Waals surface area contributed by atoms with Crippen LogP contribution < -0.4 is 0 Å². The van der Waals surface area contributed by atoms with Crippen LogP contribution in [0.3, 0.4) is 0 Å². The molecule has 1 aliphatic heterocycles. The lowest BCUT2D eigenvalue weighted by Gasteiger charge is -2.39. The first-order chi connectivity index (χ1) is 13.4. The highest BCUT2D eigenvalue weighted by atomic mass is 16.5. The van der Waals surface area contributed by atoms with Crippen molar-refractivity contribution in [3.63, 3.8) is 0 Å². The molecule has 1 heterocycles. The van der Waals surface area contributed by atoms with Gasteiger partial charge in [0.05, 0.1) is 12.0 Å². The Morgan fingerprint density at radius 2 is 1.39 bits per heavy atom. The molecule has 143 valence electrons. The van der Waals surface area contributed by atoms with Crippen molar-refractivity contribution in [2.24, 2.45) is 10.4 Å². The molecule has 0 spiro atoms. The Hall–Kier alpha value is -2.09. The second-order valence-electron chi connectivity index (χ2n) is 8.84. The molecule has 0 N–H and O–H groups in total. The standard InChI is InChI=1S/C26H28NO/c1-25(2,3)23-18-28-24(27-23)21-16-11-17-22(21)26(4,19-12-7-5-8-13-19)20-14-9-6-10-15-20/h5-17,23H,18H2,1-4H3/t23-/m1/s1. The number of hydrogen-bond acceptors (Lipinski definition) is 2. The zero-order valence-electron chi connectivity index (χ0n) is 17.1. The Morgan fingerprint density at radius 1 is 0.821 bits per heavy atom. The molecule has 2 aliphatic rings. The van der Waals surface area contributed by atoms with Gasteiger partial charge in [-0.25, -0.2) is 4.99 Å². The number of hydrogen-bond donors (Lipinski definition) is 0. The van der Waals surface area contributed by atoms with Crippen molar-refractivity contribution in [1.29, 1.82) is 0 Å². The fourth-order valence-electron chi connectivity index (χ4n) is 4.03. The Labute approximate surface area is 170 Å². The summed E-state index contributed by atoms with van der Waals surface area (Å²) in [6.45, 7) is 9.61. The van der Waals surface area contributed by atoms with E-state index in [9.17, 15) is 0 Å². The van der Waals surface area contributed by atoms with Gasteiger partial charge in [-0.1, -0.05) is 88.4 Å². The molecule has 1 atom stereocenters. The van der Waals surface area contributed by atoms with E-state index in [0.29, 0.717) is 6.61 Å². The molecule has 2 aromatic rings. The van der Waals surface area contributed by atoms with Gasteiger partial charge >= 0.3 is 0 Å². The van der Waals surface area contributed by atoms with Gasteiger partial charge in [0, 0.05) is 11.3 Å². The van der Waals surface area contributed by atoms with Crippen LogP contribution in [0, 0.1) is 36.5 Å². The van der Waals surface area contributed by atoms with Crippen molar-refractivity contribution in [2.45, 2.75) is 39.2 Å². The molecule has 0 saturated heterocycles. The zero-order valence-corrected chi connectivity index (χ0v) is 17.1. The molecule has 1 saturated carbocycles. The van der Waals surface area contributed by atoms with Gasteiger partial charge in [-0.15, -0.1) is 0 Å². The zero-order chi connectivity index (χ0) is 19.8. The molecule has 5 radical (unpaired) electrons. The molecule has 0 amide bonds. The lowest BCUT2D eigenvalue weighted by Crippen LogP contribution is -2.36. The van der Waals surface area contributed by atoms with Gasteiger partial charge in [0.15, 0.2) is 5.90 Å². The van der Waals surface area contributed by atoms with E-state index in [1.54, 1.807) is 0 Å². The largest absolute Gasteiger partial charge is 0.478 e. The van der Waals surface area contributed by atoms with Crippen LogP contribution >= 0.6 is 0 Å². The van der Waals surface area contributed by atoms with E-state index in [1.807, 2.05) is 0 Å². The smallest absolute Gasteiger partial charge is 0.192 e. The van der Waals surface area contributed by atoms with Crippen LogP contribution in [-0.4, -0.2) is 18.5 Å². The quantitative estimate of drug-likeness (QED) is 0.685. The van der Waals surface area contributed by atoms with Gasteiger partial charge in [0.25, 0.3) is 0 Å². The van der Waals surface area contributed by atoms with E-state index in [4.69, 9.17) is 9.73 Å². The Morgan fingerprint density at radius 3 is 1.89 bits per heavy atom. The summed E-state index contributed by atoms with van der Waals surface area (Å²) in [5.41, 5.74) is 2.34. The SMILES string of the molecule is CC([C]1[CH][CH][CH][C]1C1=N[C@@H](C(C)(C)C)CO1)(c1ccccc1)c1ccccc1. The second-order valence-corrected chi connectivity index (χ2v) is 8.84. The van der Waals surface area contributed by atoms with Crippen LogP contribution in [-0.2, 0) is 10.2 Å². The number of aliphatic imine (C=N–C) groups is 1. The molecule has 2 aromatic carbocycles. The summed E-state index contributed by atoms with van der Waals surface area (Å²) in [4.78, 5) is 4.96. The first-order valence-corrected chi connectivity index (χ1v) is 9.99. The number of rotatable bonds is 4. The highest BCUT2D eigenvalue weighted by Crippen LogP contribution is 2.52. The Balaban J connectivity index is 1.75. The van der Waals surface area contributed by atoms with Crippen LogP contribution in [0.4, 0.5) is 0 Å². The van der Waals surface area contributed by atoms with E-state index < -0.39 is 0 Å². The van der Waals surface area contributed by atoms with Gasteiger partial charge < -0.3 is 4.74 Å². The second kappa shape index (κ2) is 7.39. The third kappa shape index (κ3) is 3.38. The van der Waals surface area contributed by atoms with E-state index in [-0.39, 0.29) is 16.9 Å². The highest BCUT2D eigenvalue weighted by molar-refractivity contribution is 5.99. The fourth-order valence-corrected chi connectivity index (χ4v) is 4.03. The minimum Gasteiger partial charge on any atom is -0.478 e. The van der Waals surface area contributed by atoms with E-state index >= 15 is 0 Å². The molecule has 1 aliphatic carbocycles. The normalized spacial score (nSPS) is 21.6. The van der Waals surface area contributed by atoms with Crippen LogP contribution in [0.25, 0.3) is 0 Å². The Bertz CT molecular complexity index is 779. The molecule has 2 heteroatoms. The van der Waals surface area contributed by atoms with Crippen LogP contribution in [0.1, 0.15) is 38.8 Å². The number of benzene rings is 2. The van der Waals surface area contributed by atoms with Crippen molar-refractivity contribution in [3.05, 3.63) is 103 Å². The summed E-state index contributed by atoms with van der Waals surface area (Å²) in [6, 6.07) is 21.6. The maximum Gasteiger partial charge on any atom is 0.192 e. The molecule has 2 nitrogen and oxygen atoms in total. The van der Waals surface area contributed by atoms with Crippen molar-refractivity contribution in [1.82, 2.24) is 0 Å². The summed E-state index contributed by atoms with van der Waals surface area (Å²) in [5.74, 6) is 3.11. The minimum absolute atomic E-state index is 0.0939. The first-order valence-electron chi connectivity index (χ1n) is 9.99. The van der Waals surface area contributed by atoms with Gasteiger partial charge in [0.1, 0.15) is 6.61 Å². The number of nitrogens with zero attached hydrogens (tertiary/aromatic N) is 1. The summed E-state index contributed by atoms with van der Waals surface area (Å²) < 4.78 is 6.09. The summed E-state index contributed by atoms with van der Waals surface area (Å²) in [6.07, 6.45) is 6.47. The third-order valence-electron chi connectivity index (χ3n) is 5.94. The average Bonchev–Trinajstić information content (AvgIpc) is 3.38. The summed E-state index contributed by atoms with van der Waals surface area (Å²) in [5, 5.41) is 0. The maximum absolute atomic E-state index is 6.09. The van der Waals surface area contributed by atoms with Crippen LogP contribution in [0.2, 0.25) is 0 Å². The first kappa shape index (κ1) is 19.2. The van der Waals surface area contributed by atoms with Gasteiger partial charge in [-0.3, -0.25) is 0 Å². The molecule has 0 bridgehead atoms. The van der Waals surface area contributed by atoms with Gasteiger partial charge in [-0.05, 0) is 35.8 Å². The molecular weight excluding hydrogens is 342 g/mol. The molecule has 1 fully saturated rings. The molecule has 4 rings (SSSR count). The molecule has 0 unspecified atom stereocenters. The van der Waals surface area contributed by atoms with Crippen molar-refractivity contribution < 1.29 is 4.74 Å². The van der Waals surface area contributed by atoms with Crippen molar-refractivity contribution >= 4 is 5.90 Å². The maximum atomic E-state index is 6.09. The molecule has 0 aromatic heterocycles. The predicted molar refractivity (Wildman–Crippen MR) is 115 cm³/mol. The van der Waals surface area contributed by atoms with Crippen molar-refractivity contribution in [2.75, 3.05) is 6.61 Å². The van der Waals surface area contributed by atoms with E-state index in [1.165, 1.54) is 17.0 Å². The topological polar surface area (TPSA) is 21.6 Å². The average molecular weight is 371 g/mol. The lowest BCUT2D eigenvalue weighted by molar-refractivity contribution is 0.234. The van der Waals surface area contributed by atoms with Crippen molar-refractivity contribution in [3.8, 4) is 0 Å². The number of ether oxygens (including phenoxy) is 1. The van der Waals surface area contributed by atoms with Crippen LogP contribution in [0.5, 0.6) is 0 Å². The fraction of sp³-hybridized carbons (Fsp3) is 0.308. The minimum atomic E-state index is -0.285. The van der Waals surface area contributed by atoms with E-state index in [2.05, 4.69) is 108 Å². The lowest BCUT2D eigenvalue weighted by atomic mass is 9.64.